The van der Waals surface area contributed by atoms with E-state index in [9.17, 15) is 0 Å². The number of para-hydroxylation sites is 1. The Morgan fingerprint density at radius 2 is 2.00 bits per heavy atom. The molecule has 0 bridgehead atoms. The molecule has 0 aliphatic rings. The largest absolute Gasteiger partial charge is 0.213 e. The molecule has 2 aromatic rings. The SMILES string of the molecule is C#CC[n+]1c(C)ccc2ccccc21. The molecule has 1 heteroatoms. The van der Waals surface area contributed by atoms with Crippen molar-refractivity contribution < 1.29 is 4.57 Å². The van der Waals surface area contributed by atoms with Gasteiger partial charge in [-0.3, -0.25) is 0 Å². The third kappa shape index (κ3) is 1.36. The van der Waals surface area contributed by atoms with E-state index in [4.69, 9.17) is 6.42 Å². The van der Waals surface area contributed by atoms with Gasteiger partial charge in [0.05, 0.1) is 0 Å². The van der Waals surface area contributed by atoms with Gasteiger partial charge < -0.3 is 0 Å². The summed E-state index contributed by atoms with van der Waals surface area (Å²) in [5, 5.41) is 1.23. The van der Waals surface area contributed by atoms with Crippen LogP contribution in [0.2, 0.25) is 0 Å². The molecular weight excluding hydrogens is 170 g/mol. The number of rotatable bonds is 1. The molecule has 0 saturated heterocycles. The van der Waals surface area contributed by atoms with Crippen molar-refractivity contribution in [3.63, 3.8) is 0 Å². The highest BCUT2D eigenvalue weighted by molar-refractivity contribution is 5.75. The number of pyridine rings is 1. The quantitative estimate of drug-likeness (QED) is 0.469. The maximum absolute atomic E-state index is 5.35. The highest BCUT2D eigenvalue weighted by atomic mass is 15.0. The highest BCUT2D eigenvalue weighted by Gasteiger charge is 2.09. The van der Waals surface area contributed by atoms with Crippen LogP contribution in [0.15, 0.2) is 36.4 Å². The van der Waals surface area contributed by atoms with E-state index in [1.165, 1.54) is 16.6 Å². The maximum atomic E-state index is 5.35. The van der Waals surface area contributed by atoms with Crippen LogP contribution in [0, 0.1) is 19.3 Å². The Labute approximate surface area is 84.0 Å². The number of benzene rings is 1. The Bertz CT molecular complexity index is 506. The summed E-state index contributed by atoms with van der Waals surface area (Å²) in [6.45, 7) is 2.71. The maximum Gasteiger partial charge on any atom is 0.213 e. The Morgan fingerprint density at radius 3 is 2.79 bits per heavy atom. The Balaban J connectivity index is 2.77. The van der Waals surface area contributed by atoms with E-state index in [0.29, 0.717) is 6.54 Å². The van der Waals surface area contributed by atoms with Crippen molar-refractivity contribution in [2.45, 2.75) is 13.5 Å². The molecular formula is C13H12N+. The van der Waals surface area contributed by atoms with Crippen LogP contribution >= 0.6 is 0 Å². The van der Waals surface area contributed by atoms with Crippen molar-refractivity contribution >= 4 is 10.9 Å². The first-order valence-corrected chi connectivity index (χ1v) is 4.64. The van der Waals surface area contributed by atoms with Crippen molar-refractivity contribution in [3.8, 4) is 12.3 Å². The zero-order chi connectivity index (χ0) is 9.97. The summed E-state index contributed by atoms with van der Waals surface area (Å²) in [6.07, 6.45) is 5.35. The van der Waals surface area contributed by atoms with Crippen LogP contribution in [-0.4, -0.2) is 0 Å². The summed E-state index contributed by atoms with van der Waals surface area (Å²) < 4.78 is 2.15. The molecule has 1 nitrogen and oxygen atoms in total. The third-order valence-electron chi connectivity index (χ3n) is 2.41. The van der Waals surface area contributed by atoms with E-state index in [2.05, 4.69) is 41.7 Å². The fourth-order valence-electron chi connectivity index (χ4n) is 1.67. The first-order chi connectivity index (χ1) is 6.83. The number of nitrogens with zero attached hydrogens (tertiary/aromatic N) is 1. The molecule has 14 heavy (non-hydrogen) atoms. The predicted molar refractivity (Wildman–Crippen MR) is 57.7 cm³/mol. The second-order valence-electron chi connectivity index (χ2n) is 3.32. The van der Waals surface area contributed by atoms with E-state index in [1.807, 2.05) is 12.1 Å². The lowest BCUT2D eigenvalue weighted by Crippen LogP contribution is -2.37. The van der Waals surface area contributed by atoms with Crippen LogP contribution in [0.4, 0.5) is 0 Å². The minimum atomic E-state index is 0.632. The summed E-state index contributed by atoms with van der Waals surface area (Å²) in [5.74, 6) is 2.68. The summed E-state index contributed by atoms with van der Waals surface area (Å²) in [4.78, 5) is 0. The van der Waals surface area contributed by atoms with Crippen LogP contribution in [0.5, 0.6) is 0 Å². The number of aromatic nitrogens is 1. The van der Waals surface area contributed by atoms with Crippen molar-refractivity contribution in [2.75, 3.05) is 0 Å². The van der Waals surface area contributed by atoms with Gasteiger partial charge in [-0.1, -0.05) is 12.1 Å². The van der Waals surface area contributed by atoms with E-state index < -0.39 is 0 Å². The molecule has 68 valence electrons. The van der Waals surface area contributed by atoms with Gasteiger partial charge in [-0.25, -0.2) is 0 Å². The van der Waals surface area contributed by atoms with E-state index in [1.54, 1.807) is 0 Å². The van der Waals surface area contributed by atoms with Crippen LogP contribution in [0.25, 0.3) is 10.9 Å². The van der Waals surface area contributed by atoms with Crippen LogP contribution < -0.4 is 4.57 Å². The fraction of sp³-hybridized carbons (Fsp3) is 0.154. The molecule has 0 fully saturated rings. The van der Waals surface area contributed by atoms with Crippen molar-refractivity contribution in [2.24, 2.45) is 0 Å². The van der Waals surface area contributed by atoms with Gasteiger partial charge in [0.1, 0.15) is 0 Å². The molecule has 1 aromatic heterocycles. The molecule has 0 saturated carbocycles. The monoisotopic (exact) mass is 182 g/mol. The van der Waals surface area contributed by atoms with Gasteiger partial charge in [0, 0.05) is 24.4 Å². The summed E-state index contributed by atoms with van der Waals surface area (Å²) >= 11 is 0. The van der Waals surface area contributed by atoms with Gasteiger partial charge in [0.2, 0.25) is 12.1 Å². The second kappa shape index (κ2) is 3.51. The molecule has 0 atom stereocenters. The normalized spacial score (nSPS) is 10.0. The molecule has 0 radical (unpaired) electrons. The molecule has 0 amide bonds. The van der Waals surface area contributed by atoms with E-state index in [0.717, 1.165) is 0 Å². The Hall–Kier alpha value is -1.81. The zero-order valence-corrected chi connectivity index (χ0v) is 8.20. The Kier molecular flexibility index (Phi) is 2.20. The van der Waals surface area contributed by atoms with Gasteiger partial charge in [0.15, 0.2) is 5.69 Å². The molecule has 0 spiro atoms. The lowest BCUT2D eigenvalue weighted by atomic mass is 10.2. The lowest BCUT2D eigenvalue weighted by Gasteiger charge is -2.00. The van der Waals surface area contributed by atoms with E-state index >= 15 is 0 Å². The average Bonchev–Trinajstić information content (AvgIpc) is 2.23. The average molecular weight is 182 g/mol. The number of hydrogen-bond acceptors (Lipinski definition) is 0. The number of aryl methyl sites for hydroxylation is 1. The summed E-state index contributed by atoms with van der Waals surface area (Å²) in [7, 11) is 0. The molecule has 1 aromatic carbocycles. The van der Waals surface area contributed by atoms with Gasteiger partial charge in [-0.05, 0) is 18.1 Å². The zero-order valence-electron chi connectivity index (χ0n) is 8.20. The third-order valence-corrected chi connectivity index (χ3v) is 2.41. The number of terminal acetylenes is 1. The predicted octanol–water partition coefficient (Wildman–Crippen LogP) is 2.07. The standard InChI is InChI=1S/C13H12N/c1-3-10-14-11(2)8-9-12-6-4-5-7-13(12)14/h1,4-9H,10H2,2H3/q+1. The van der Waals surface area contributed by atoms with E-state index in [-0.39, 0.29) is 0 Å². The van der Waals surface area contributed by atoms with Crippen LogP contribution in [-0.2, 0) is 6.54 Å². The van der Waals surface area contributed by atoms with Gasteiger partial charge in [0.25, 0.3) is 0 Å². The number of hydrogen-bond donors (Lipinski definition) is 0. The molecule has 2 rings (SSSR count). The molecule has 0 N–H and O–H groups in total. The van der Waals surface area contributed by atoms with Crippen molar-refractivity contribution in [3.05, 3.63) is 42.1 Å². The van der Waals surface area contributed by atoms with Crippen molar-refractivity contribution in [1.29, 1.82) is 0 Å². The minimum absolute atomic E-state index is 0.632. The van der Waals surface area contributed by atoms with Gasteiger partial charge >= 0.3 is 0 Å². The summed E-state index contributed by atoms with van der Waals surface area (Å²) in [5.41, 5.74) is 2.40. The molecule has 0 aliphatic carbocycles. The van der Waals surface area contributed by atoms with Gasteiger partial charge in [-0.2, -0.15) is 4.57 Å². The molecule has 1 heterocycles. The van der Waals surface area contributed by atoms with Gasteiger partial charge in [-0.15, -0.1) is 6.42 Å². The highest BCUT2D eigenvalue weighted by Crippen LogP contribution is 2.09. The first kappa shape index (κ1) is 8.77. The molecule has 0 aliphatic heterocycles. The Morgan fingerprint density at radius 1 is 1.21 bits per heavy atom. The van der Waals surface area contributed by atoms with Crippen LogP contribution in [0.1, 0.15) is 5.69 Å². The number of fused-ring (bicyclic) bond motifs is 1. The first-order valence-electron chi connectivity index (χ1n) is 4.64. The van der Waals surface area contributed by atoms with Crippen molar-refractivity contribution in [1.82, 2.24) is 0 Å². The lowest BCUT2D eigenvalue weighted by molar-refractivity contribution is -0.664. The smallest absolute Gasteiger partial charge is 0.184 e. The fourth-order valence-corrected chi connectivity index (χ4v) is 1.67. The summed E-state index contributed by atoms with van der Waals surface area (Å²) in [6, 6.07) is 12.5. The van der Waals surface area contributed by atoms with Crippen LogP contribution in [0.3, 0.4) is 0 Å². The topological polar surface area (TPSA) is 3.88 Å². The minimum Gasteiger partial charge on any atom is -0.184 e. The second-order valence-corrected chi connectivity index (χ2v) is 3.32. The molecule has 0 unspecified atom stereocenters.